The molecule has 6 rings (SSSR count). The van der Waals surface area contributed by atoms with E-state index in [0.717, 1.165) is 37.1 Å². The van der Waals surface area contributed by atoms with Gasteiger partial charge in [0, 0.05) is 29.9 Å². The molecule has 0 radical (unpaired) electrons. The Morgan fingerprint density at radius 1 is 1.11 bits per heavy atom. The Hall–Kier alpha value is -2.72. The Kier molecular flexibility index (Phi) is 5.48. The fourth-order valence-electron chi connectivity index (χ4n) is 4.79. The largest absolute Gasteiger partial charge is 0.377 e. The number of benzene rings is 1. The molecule has 1 saturated heterocycles. The summed E-state index contributed by atoms with van der Waals surface area (Å²) in [5.41, 5.74) is 2.07. The molecule has 0 spiro atoms. The van der Waals surface area contributed by atoms with Gasteiger partial charge in [-0.25, -0.2) is 23.2 Å². The molecule has 2 N–H and O–H groups in total. The van der Waals surface area contributed by atoms with E-state index in [9.17, 15) is 13.2 Å². The molecule has 1 aromatic heterocycles. The first-order valence-corrected chi connectivity index (χ1v) is 14.1. The number of carbonyl (C=O) groups excluding carboxylic acids is 1. The van der Waals surface area contributed by atoms with E-state index in [4.69, 9.17) is 14.7 Å². The van der Waals surface area contributed by atoms with Gasteiger partial charge in [0.05, 0.1) is 30.2 Å². The standard InChI is InChI=1S/C25H31N5O4S/c1-16-15-34-13-12-30(16)22-14-21(25(10-11-25)35(32,33)20-8-9-20)28-23(29-22)17-2-4-18(5-3-17)26-24(31)27-19-6-7-19/h2-5,14,16,19-20H,6-13,15H2,1H3,(H2,26,27,31)/t16-/m0/s1. The van der Waals surface area contributed by atoms with Gasteiger partial charge in [0.15, 0.2) is 15.7 Å². The van der Waals surface area contributed by atoms with Crippen LogP contribution in [0.1, 0.15) is 51.1 Å². The summed E-state index contributed by atoms with van der Waals surface area (Å²) in [6.45, 7) is 3.98. The highest BCUT2D eigenvalue weighted by Gasteiger charge is 2.61. The van der Waals surface area contributed by atoms with Crippen LogP contribution in [-0.2, 0) is 19.3 Å². The van der Waals surface area contributed by atoms with E-state index in [1.165, 1.54) is 0 Å². The van der Waals surface area contributed by atoms with E-state index >= 15 is 0 Å². The second-order valence-corrected chi connectivity index (χ2v) is 12.8. The summed E-state index contributed by atoms with van der Waals surface area (Å²) in [7, 11) is -3.28. The van der Waals surface area contributed by atoms with Crippen molar-refractivity contribution in [3.63, 3.8) is 0 Å². The fraction of sp³-hybridized carbons (Fsp3) is 0.560. The number of urea groups is 1. The molecule has 10 heteroatoms. The summed E-state index contributed by atoms with van der Waals surface area (Å²) in [6.07, 6.45) is 4.78. The molecular weight excluding hydrogens is 466 g/mol. The zero-order valence-electron chi connectivity index (χ0n) is 19.9. The van der Waals surface area contributed by atoms with Crippen LogP contribution in [-0.4, -0.2) is 61.5 Å². The zero-order chi connectivity index (χ0) is 24.2. The maximum absolute atomic E-state index is 13.4. The Labute approximate surface area is 205 Å². The Balaban J connectivity index is 1.34. The van der Waals surface area contributed by atoms with E-state index in [-0.39, 0.29) is 23.4 Å². The molecule has 9 nitrogen and oxygen atoms in total. The van der Waals surface area contributed by atoms with Crippen molar-refractivity contribution in [2.24, 2.45) is 0 Å². The average Bonchev–Trinajstić information content (AvgIpc) is 3.70. The second-order valence-electron chi connectivity index (χ2n) is 10.2. The molecule has 1 aliphatic heterocycles. The lowest BCUT2D eigenvalue weighted by atomic mass is 10.1. The highest BCUT2D eigenvalue weighted by molar-refractivity contribution is 7.93. The maximum Gasteiger partial charge on any atom is 0.319 e. The molecule has 0 bridgehead atoms. The number of anilines is 2. The summed E-state index contributed by atoms with van der Waals surface area (Å²) in [6, 6.07) is 9.48. The molecule has 4 aliphatic rings. The predicted octanol–water partition coefficient (Wildman–Crippen LogP) is 3.22. The first-order valence-electron chi connectivity index (χ1n) is 12.5. The maximum atomic E-state index is 13.4. The zero-order valence-corrected chi connectivity index (χ0v) is 20.7. The van der Waals surface area contributed by atoms with Crippen molar-refractivity contribution >= 4 is 27.4 Å². The number of nitrogens with one attached hydrogen (secondary N) is 2. The molecule has 1 aromatic carbocycles. The third kappa shape index (κ3) is 4.38. The van der Waals surface area contributed by atoms with E-state index < -0.39 is 14.6 Å². The number of rotatable bonds is 7. The van der Waals surface area contributed by atoms with Crippen molar-refractivity contribution < 1.29 is 17.9 Å². The van der Waals surface area contributed by atoms with Crippen molar-refractivity contribution in [2.75, 3.05) is 30.0 Å². The van der Waals surface area contributed by atoms with E-state index in [1.807, 2.05) is 30.3 Å². The van der Waals surface area contributed by atoms with E-state index in [0.29, 0.717) is 49.8 Å². The van der Waals surface area contributed by atoms with Crippen LogP contribution < -0.4 is 15.5 Å². The number of morpholine rings is 1. The second kappa shape index (κ2) is 8.44. The normalized spacial score (nSPS) is 23.6. The van der Waals surface area contributed by atoms with Gasteiger partial charge in [-0.2, -0.15) is 0 Å². The minimum Gasteiger partial charge on any atom is -0.377 e. The molecular formula is C25H31N5O4S. The smallest absolute Gasteiger partial charge is 0.319 e. The number of aromatic nitrogens is 2. The fourth-order valence-corrected chi connectivity index (χ4v) is 7.25. The Morgan fingerprint density at radius 3 is 2.49 bits per heavy atom. The van der Waals surface area contributed by atoms with Gasteiger partial charge in [-0.05, 0) is 69.7 Å². The van der Waals surface area contributed by atoms with E-state index in [2.05, 4.69) is 22.5 Å². The third-order valence-electron chi connectivity index (χ3n) is 7.37. The number of hydrogen-bond acceptors (Lipinski definition) is 7. The molecule has 3 saturated carbocycles. The van der Waals surface area contributed by atoms with Crippen molar-refractivity contribution in [2.45, 2.75) is 67.5 Å². The highest BCUT2D eigenvalue weighted by atomic mass is 32.2. The lowest BCUT2D eigenvalue weighted by Gasteiger charge is -2.34. The van der Waals surface area contributed by atoms with Crippen LogP contribution in [0.25, 0.3) is 11.4 Å². The van der Waals surface area contributed by atoms with Crippen LogP contribution in [0.3, 0.4) is 0 Å². The number of nitrogens with zero attached hydrogens (tertiary/aromatic N) is 3. The molecule has 4 fully saturated rings. The van der Waals surface area contributed by atoms with Gasteiger partial charge in [-0.15, -0.1) is 0 Å². The Bertz CT molecular complexity index is 1240. The number of amides is 2. The van der Waals surface area contributed by atoms with Gasteiger partial charge in [-0.3, -0.25) is 0 Å². The molecule has 186 valence electrons. The third-order valence-corrected chi connectivity index (χ3v) is 10.4. The van der Waals surface area contributed by atoms with Crippen molar-refractivity contribution in [1.29, 1.82) is 0 Å². The summed E-state index contributed by atoms with van der Waals surface area (Å²) in [5.74, 6) is 1.24. The average molecular weight is 498 g/mol. The number of hydrogen-bond donors (Lipinski definition) is 2. The topological polar surface area (TPSA) is 114 Å². The van der Waals surface area contributed by atoms with Crippen molar-refractivity contribution in [3.05, 3.63) is 36.0 Å². The van der Waals surface area contributed by atoms with Gasteiger partial charge in [-0.1, -0.05) is 0 Å². The minimum absolute atomic E-state index is 0.131. The van der Waals surface area contributed by atoms with E-state index in [1.54, 1.807) is 0 Å². The molecule has 3 aliphatic carbocycles. The number of carbonyl (C=O) groups is 1. The molecule has 0 unspecified atom stereocenters. The van der Waals surface area contributed by atoms with Crippen molar-refractivity contribution in [3.8, 4) is 11.4 Å². The lowest BCUT2D eigenvalue weighted by molar-refractivity contribution is 0.0985. The first kappa shape index (κ1) is 22.7. The molecule has 2 aromatic rings. The summed E-state index contributed by atoms with van der Waals surface area (Å²) < 4.78 is 31.4. The Morgan fingerprint density at radius 2 is 1.86 bits per heavy atom. The number of sulfone groups is 1. The van der Waals surface area contributed by atoms with Gasteiger partial charge in [0.2, 0.25) is 0 Å². The highest BCUT2D eigenvalue weighted by Crippen LogP contribution is 2.57. The lowest BCUT2D eigenvalue weighted by Crippen LogP contribution is -2.44. The van der Waals surface area contributed by atoms with Crippen LogP contribution in [0.15, 0.2) is 30.3 Å². The van der Waals surface area contributed by atoms with Crippen LogP contribution in [0.4, 0.5) is 16.3 Å². The molecule has 1 atom stereocenters. The monoisotopic (exact) mass is 497 g/mol. The van der Waals surface area contributed by atoms with Gasteiger partial charge in [0.1, 0.15) is 10.6 Å². The van der Waals surface area contributed by atoms with Crippen LogP contribution >= 0.6 is 0 Å². The molecule has 2 amide bonds. The molecule has 35 heavy (non-hydrogen) atoms. The summed E-state index contributed by atoms with van der Waals surface area (Å²) >= 11 is 0. The minimum atomic E-state index is -3.28. The summed E-state index contributed by atoms with van der Waals surface area (Å²) in [4.78, 5) is 23.9. The van der Waals surface area contributed by atoms with Gasteiger partial charge < -0.3 is 20.3 Å². The summed E-state index contributed by atoms with van der Waals surface area (Å²) in [5, 5.41) is 5.53. The van der Waals surface area contributed by atoms with Crippen LogP contribution in [0.5, 0.6) is 0 Å². The first-order chi connectivity index (χ1) is 16.9. The quantitative estimate of drug-likeness (QED) is 0.604. The van der Waals surface area contributed by atoms with Crippen molar-refractivity contribution in [1.82, 2.24) is 15.3 Å². The molecule has 2 heterocycles. The van der Waals surface area contributed by atoms with Crippen LogP contribution in [0, 0.1) is 0 Å². The van der Waals surface area contributed by atoms with Crippen LogP contribution in [0.2, 0.25) is 0 Å². The SMILES string of the molecule is C[C@H]1COCCN1c1cc(C2(S(=O)(=O)C3CC3)CC2)nc(-c2ccc(NC(=O)NC3CC3)cc2)n1. The number of ether oxygens (including phenoxy) is 1. The van der Waals surface area contributed by atoms with Gasteiger partial charge in [0.25, 0.3) is 0 Å². The predicted molar refractivity (Wildman–Crippen MR) is 133 cm³/mol. The van der Waals surface area contributed by atoms with Gasteiger partial charge >= 0.3 is 6.03 Å².